The lowest BCUT2D eigenvalue weighted by molar-refractivity contribution is -0.136. The van der Waals surface area contributed by atoms with E-state index in [4.69, 9.17) is 9.72 Å². The van der Waals surface area contributed by atoms with Crippen molar-refractivity contribution in [2.24, 2.45) is 0 Å². The lowest BCUT2D eigenvalue weighted by atomic mass is 10.0. The van der Waals surface area contributed by atoms with Crippen molar-refractivity contribution in [3.05, 3.63) is 65.7 Å². The van der Waals surface area contributed by atoms with E-state index >= 15 is 0 Å². The summed E-state index contributed by atoms with van der Waals surface area (Å²) < 4.78 is 29.2. The van der Waals surface area contributed by atoms with Gasteiger partial charge in [-0.05, 0) is 31.9 Å². The number of aryl methyl sites for hydroxylation is 1. The smallest absolute Gasteiger partial charge is 0.339 e. The van der Waals surface area contributed by atoms with Gasteiger partial charge in [0.15, 0.2) is 16.4 Å². The van der Waals surface area contributed by atoms with E-state index in [-0.39, 0.29) is 23.5 Å². The van der Waals surface area contributed by atoms with Crippen LogP contribution in [0.3, 0.4) is 0 Å². The molecule has 0 saturated carbocycles. The number of amides is 1. The molecule has 0 aliphatic carbocycles. The number of rotatable bonds is 7. The molecule has 1 amide bonds. The monoisotopic (exact) mass is 480 g/mol. The fourth-order valence-electron chi connectivity index (χ4n) is 4.28. The van der Waals surface area contributed by atoms with Crippen LogP contribution in [-0.4, -0.2) is 60.9 Å². The Kier molecular flexibility index (Phi) is 6.97. The Morgan fingerprint density at radius 3 is 2.53 bits per heavy atom. The van der Waals surface area contributed by atoms with Crippen molar-refractivity contribution < 1.29 is 22.7 Å². The molecule has 1 fully saturated rings. The Bertz CT molecular complexity index is 1320. The molecule has 8 heteroatoms. The number of sulfone groups is 1. The van der Waals surface area contributed by atoms with Crippen LogP contribution in [0.1, 0.15) is 35.7 Å². The minimum Gasteiger partial charge on any atom is -0.452 e. The SMILES string of the molecule is CCCN(C(=O)COC(=O)c1cc(-c2ccc(C)cc2)nc2ccccc12)[C@@H]1CCS(=O)(=O)C1. The van der Waals surface area contributed by atoms with Gasteiger partial charge in [0.25, 0.3) is 5.91 Å². The molecule has 34 heavy (non-hydrogen) atoms. The predicted octanol–water partition coefficient (Wildman–Crippen LogP) is 3.79. The predicted molar refractivity (Wildman–Crippen MR) is 131 cm³/mol. The molecule has 0 radical (unpaired) electrons. The number of esters is 1. The van der Waals surface area contributed by atoms with E-state index in [9.17, 15) is 18.0 Å². The van der Waals surface area contributed by atoms with E-state index in [0.29, 0.717) is 41.5 Å². The fourth-order valence-corrected chi connectivity index (χ4v) is 6.01. The molecule has 0 N–H and O–H groups in total. The first kappa shape index (κ1) is 23.9. The van der Waals surface area contributed by atoms with Gasteiger partial charge < -0.3 is 9.64 Å². The van der Waals surface area contributed by atoms with Gasteiger partial charge in [0.05, 0.1) is 28.3 Å². The highest BCUT2D eigenvalue weighted by Gasteiger charge is 2.34. The second kappa shape index (κ2) is 9.93. The molecular formula is C26H28N2O5S. The number of hydrogen-bond donors (Lipinski definition) is 0. The number of pyridine rings is 1. The van der Waals surface area contributed by atoms with Crippen molar-refractivity contribution in [3.8, 4) is 11.3 Å². The van der Waals surface area contributed by atoms with Crippen LogP contribution in [0, 0.1) is 6.92 Å². The summed E-state index contributed by atoms with van der Waals surface area (Å²) in [6.07, 6.45) is 1.10. The molecule has 1 aliphatic heterocycles. The van der Waals surface area contributed by atoms with Gasteiger partial charge in [0, 0.05) is 23.5 Å². The second-order valence-corrected chi connectivity index (χ2v) is 10.9. The van der Waals surface area contributed by atoms with E-state index in [1.165, 1.54) is 0 Å². The molecule has 4 rings (SSSR count). The highest BCUT2D eigenvalue weighted by Crippen LogP contribution is 2.26. The summed E-state index contributed by atoms with van der Waals surface area (Å²) in [6.45, 7) is 3.91. The Morgan fingerprint density at radius 1 is 1.12 bits per heavy atom. The van der Waals surface area contributed by atoms with Crippen LogP contribution in [0.5, 0.6) is 0 Å². The van der Waals surface area contributed by atoms with Crippen LogP contribution in [0.15, 0.2) is 54.6 Å². The van der Waals surface area contributed by atoms with Crippen LogP contribution in [-0.2, 0) is 19.4 Å². The van der Waals surface area contributed by atoms with Crippen LogP contribution < -0.4 is 0 Å². The van der Waals surface area contributed by atoms with E-state index in [1.807, 2.05) is 56.3 Å². The molecule has 0 spiro atoms. The fraction of sp³-hybridized carbons (Fsp3) is 0.346. The third-order valence-electron chi connectivity index (χ3n) is 6.04. The molecule has 2 heterocycles. The van der Waals surface area contributed by atoms with Gasteiger partial charge in [-0.2, -0.15) is 0 Å². The quantitative estimate of drug-likeness (QED) is 0.478. The lowest BCUT2D eigenvalue weighted by Crippen LogP contribution is -2.43. The van der Waals surface area contributed by atoms with E-state index in [1.54, 1.807) is 17.0 Å². The first-order valence-corrected chi connectivity index (χ1v) is 13.2. The van der Waals surface area contributed by atoms with Crippen molar-refractivity contribution in [2.75, 3.05) is 24.7 Å². The largest absolute Gasteiger partial charge is 0.452 e. The van der Waals surface area contributed by atoms with Crippen molar-refractivity contribution >= 4 is 32.6 Å². The molecule has 1 saturated heterocycles. The van der Waals surface area contributed by atoms with Gasteiger partial charge in [-0.25, -0.2) is 18.2 Å². The first-order chi connectivity index (χ1) is 16.3. The maximum absolute atomic E-state index is 13.1. The van der Waals surface area contributed by atoms with Crippen molar-refractivity contribution in [1.82, 2.24) is 9.88 Å². The number of hydrogen-bond acceptors (Lipinski definition) is 6. The number of ether oxygens (including phenoxy) is 1. The zero-order chi connectivity index (χ0) is 24.3. The molecule has 0 unspecified atom stereocenters. The Labute approximate surface area is 199 Å². The van der Waals surface area contributed by atoms with Crippen LogP contribution >= 0.6 is 0 Å². The minimum atomic E-state index is -3.13. The normalized spacial score (nSPS) is 16.9. The Balaban J connectivity index is 1.56. The van der Waals surface area contributed by atoms with Gasteiger partial charge in [0.1, 0.15) is 0 Å². The van der Waals surface area contributed by atoms with Crippen LogP contribution in [0.2, 0.25) is 0 Å². The third-order valence-corrected chi connectivity index (χ3v) is 7.79. The summed E-state index contributed by atoms with van der Waals surface area (Å²) in [4.78, 5) is 32.2. The highest BCUT2D eigenvalue weighted by atomic mass is 32.2. The molecule has 1 atom stereocenters. The average molecular weight is 481 g/mol. The van der Waals surface area contributed by atoms with E-state index in [0.717, 1.165) is 11.1 Å². The van der Waals surface area contributed by atoms with Gasteiger partial charge in [-0.1, -0.05) is 55.0 Å². The maximum atomic E-state index is 13.1. The van der Waals surface area contributed by atoms with Crippen LogP contribution in [0.25, 0.3) is 22.2 Å². The van der Waals surface area contributed by atoms with E-state index < -0.39 is 22.4 Å². The molecular weight excluding hydrogens is 452 g/mol. The number of carbonyl (C=O) groups excluding carboxylic acids is 2. The number of carbonyl (C=O) groups is 2. The Morgan fingerprint density at radius 2 is 1.85 bits per heavy atom. The standard InChI is InChI=1S/C26H28N2O5S/c1-3-13-28(20-12-14-34(31,32)17-20)25(29)16-33-26(30)22-15-24(19-10-8-18(2)9-11-19)27-23-7-5-4-6-21(22)23/h4-11,15,20H,3,12-14,16-17H2,1-2H3/t20-/m1/s1. The van der Waals surface area contributed by atoms with Crippen LogP contribution in [0.4, 0.5) is 0 Å². The molecule has 178 valence electrons. The van der Waals surface area contributed by atoms with Gasteiger partial charge >= 0.3 is 5.97 Å². The van der Waals surface area contributed by atoms with Crippen molar-refractivity contribution in [2.45, 2.75) is 32.7 Å². The van der Waals surface area contributed by atoms with Gasteiger partial charge in [-0.3, -0.25) is 4.79 Å². The number of aromatic nitrogens is 1. The second-order valence-electron chi connectivity index (χ2n) is 8.66. The van der Waals surface area contributed by atoms with Gasteiger partial charge in [0.2, 0.25) is 0 Å². The number of para-hydroxylation sites is 1. The average Bonchev–Trinajstić information content (AvgIpc) is 3.19. The molecule has 1 aliphatic rings. The van der Waals surface area contributed by atoms with Crippen molar-refractivity contribution in [3.63, 3.8) is 0 Å². The lowest BCUT2D eigenvalue weighted by Gasteiger charge is -2.27. The summed E-state index contributed by atoms with van der Waals surface area (Å²) in [5.74, 6) is -0.956. The molecule has 1 aromatic heterocycles. The number of fused-ring (bicyclic) bond motifs is 1. The molecule has 7 nitrogen and oxygen atoms in total. The zero-order valence-electron chi connectivity index (χ0n) is 19.4. The third kappa shape index (κ3) is 5.28. The summed E-state index contributed by atoms with van der Waals surface area (Å²) in [5, 5.41) is 0.642. The summed E-state index contributed by atoms with van der Waals surface area (Å²) in [7, 11) is -3.13. The summed E-state index contributed by atoms with van der Waals surface area (Å²) in [5.41, 5.74) is 3.62. The summed E-state index contributed by atoms with van der Waals surface area (Å²) >= 11 is 0. The summed E-state index contributed by atoms with van der Waals surface area (Å²) in [6, 6.07) is 16.5. The highest BCUT2D eigenvalue weighted by molar-refractivity contribution is 7.91. The number of nitrogens with zero attached hydrogens (tertiary/aromatic N) is 2. The molecule has 2 aromatic carbocycles. The molecule has 3 aromatic rings. The number of benzene rings is 2. The molecule has 0 bridgehead atoms. The zero-order valence-corrected chi connectivity index (χ0v) is 20.2. The topological polar surface area (TPSA) is 93.6 Å². The van der Waals surface area contributed by atoms with Crippen molar-refractivity contribution in [1.29, 1.82) is 0 Å². The van der Waals surface area contributed by atoms with E-state index in [2.05, 4.69) is 0 Å². The minimum absolute atomic E-state index is 0.0401. The maximum Gasteiger partial charge on any atom is 0.339 e. The Hall–Kier alpha value is -3.26. The van der Waals surface area contributed by atoms with Gasteiger partial charge in [-0.15, -0.1) is 0 Å². The first-order valence-electron chi connectivity index (χ1n) is 11.4.